The molecule has 5 nitrogen and oxygen atoms in total. The standard InChI is InChI=1S/C12H18Cl2N2O3S/c1-8(7-17)3-2-4-16-20(18,19)12-10(13)5-9(15)6-11(12)14/h5-6,8,16-17H,2-4,7,15H2,1H3. The van der Waals surface area contributed by atoms with Gasteiger partial charge >= 0.3 is 0 Å². The van der Waals surface area contributed by atoms with Crippen molar-refractivity contribution in [2.75, 3.05) is 18.9 Å². The molecule has 20 heavy (non-hydrogen) atoms. The van der Waals surface area contributed by atoms with E-state index in [1.807, 2.05) is 6.92 Å². The molecular formula is C12H18Cl2N2O3S. The molecule has 4 N–H and O–H groups in total. The highest BCUT2D eigenvalue weighted by Crippen LogP contribution is 2.31. The van der Waals surface area contributed by atoms with Gasteiger partial charge in [0.2, 0.25) is 10.0 Å². The van der Waals surface area contributed by atoms with Gasteiger partial charge in [0.15, 0.2) is 0 Å². The fraction of sp³-hybridized carbons (Fsp3) is 0.500. The maximum Gasteiger partial charge on any atom is 0.243 e. The van der Waals surface area contributed by atoms with E-state index >= 15 is 0 Å². The van der Waals surface area contributed by atoms with E-state index < -0.39 is 10.0 Å². The summed E-state index contributed by atoms with van der Waals surface area (Å²) in [5, 5.41) is 8.87. The molecule has 0 fully saturated rings. The Morgan fingerprint density at radius 1 is 1.35 bits per heavy atom. The van der Waals surface area contributed by atoms with Gasteiger partial charge in [-0.2, -0.15) is 0 Å². The molecule has 0 saturated carbocycles. The Bertz CT molecular complexity index is 541. The van der Waals surface area contributed by atoms with Gasteiger partial charge in [-0.05, 0) is 30.9 Å². The highest BCUT2D eigenvalue weighted by molar-refractivity contribution is 7.89. The second-order valence-corrected chi connectivity index (χ2v) is 7.16. The Labute approximate surface area is 129 Å². The Morgan fingerprint density at radius 2 is 1.90 bits per heavy atom. The average molecular weight is 341 g/mol. The third-order valence-corrected chi connectivity index (χ3v) is 5.15. The third kappa shape index (κ3) is 4.79. The van der Waals surface area contributed by atoms with Crippen LogP contribution < -0.4 is 10.5 Å². The van der Waals surface area contributed by atoms with E-state index in [0.717, 1.165) is 6.42 Å². The van der Waals surface area contributed by atoms with E-state index in [1.165, 1.54) is 12.1 Å². The molecule has 1 aromatic rings. The van der Waals surface area contributed by atoms with Gasteiger partial charge in [-0.25, -0.2) is 13.1 Å². The number of anilines is 1. The van der Waals surface area contributed by atoms with E-state index in [0.29, 0.717) is 12.1 Å². The van der Waals surface area contributed by atoms with Crippen molar-refractivity contribution in [2.45, 2.75) is 24.7 Å². The number of nitrogen functional groups attached to an aromatic ring is 1. The van der Waals surface area contributed by atoms with Crippen LogP contribution in [0.3, 0.4) is 0 Å². The molecule has 0 amide bonds. The number of nitrogens with one attached hydrogen (secondary N) is 1. The number of sulfonamides is 1. The molecule has 0 aliphatic heterocycles. The van der Waals surface area contributed by atoms with Crippen LogP contribution in [0, 0.1) is 5.92 Å². The Balaban J connectivity index is 2.75. The zero-order valence-corrected chi connectivity index (χ0v) is 13.4. The number of rotatable bonds is 7. The second kappa shape index (κ2) is 7.47. The van der Waals surface area contributed by atoms with E-state index in [-0.39, 0.29) is 34.0 Å². The topological polar surface area (TPSA) is 92.4 Å². The van der Waals surface area contributed by atoms with Crippen molar-refractivity contribution in [1.82, 2.24) is 4.72 Å². The molecular weight excluding hydrogens is 323 g/mol. The molecule has 0 saturated heterocycles. The molecule has 8 heteroatoms. The van der Waals surface area contributed by atoms with Gasteiger partial charge in [0.25, 0.3) is 0 Å². The monoisotopic (exact) mass is 340 g/mol. The molecule has 0 aliphatic rings. The minimum atomic E-state index is -3.77. The van der Waals surface area contributed by atoms with Crippen LogP contribution in [0.25, 0.3) is 0 Å². The largest absolute Gasteiger partial charge is 0.399 e. The summed E-state index contributed by atoms with van der Waals surface area (Å²) in [5.41, 5.74) is 5.84. The molecule has 1 aromatic carbocycles. The first-order valence-corrected chi connectivity index (χ1v) is 8.37. The van der Waals surface area contributed by atoms with Crippen LogP contribution in [0.2, 0.25) is 10.0 Å². The summed E-state index contributed by atoms with van der Waals surface area (Å²) in [6.45, 7) is 2.23. The Kier molecular flexibility index (Phi) is 6.54. The van der Waals surface area contributed by atoms with Crippen molar-refractivity contribution in [2.24, 2.45) is 5.92 Å². The summed E-state index contributed by atoms with van der Waals surface area (Å²) >= 11 is 11.8. The van der Waals surface area contributed by atoms with Crippen molar-refractivity contribution in [3.05, 3.63) is 22.2 Å². The van der Waals surface area contributed by atoms with Crippen LogP contribution >= 0.6 is 23.2 Å². The molecule has 0 spiro atoms. The lowest BCUT2D eigenvalue weighted by Gasteiger charge is -2.12. The van der Waals surface area contributed by atoms with Gasteiger partial charge in [-0.1, -0.05) is 30.1 Å². The summed E-state index contributed by atoms with van der Waals surface area (Å²) < 4.78 is 26.7. The van der Waals surface area contributed by atoms with Gasteiger partial charge in [-0.15, -0.1) is 0 Å². The van der Waals surface area contributed by atoms with Crippen molar-refractivity contribution in [1.29, 1.82) is 0 Å². The summed E-state index contributed by atoms with van der Waals surface area (Å²) in [7, 11) is -3.77. The number of halogens is 2. The molecule has 0 radical (unpaired) electrons. The summed E-state index contributed by atoms with van der Waals surface area (Å²) in [6.07, 6.45) is 1.34. The lowest BCUT2D eigenvalue weighted by Crippen LogP contribution is -2.26. The number of hydrogen-bond donors (Lipinski definition) is 3. The predicted octanol–water partition coefficient (Wildman–Crippen LogP) is 2.26. The number of hydrogen-bond acceptors (Lipinski definition) is 4. The minimum absolute atomic E-state index is 0.00812. The molecule has 0 heterocycles. The molecule has 1 atom stereocenters. The van der Waals surface area contributed by atoms with Gasteiger partial charge < -0.3 is 10.8 Å². The quantitative estimate of drug-likeness (QED) is 0.524. The van der Waals surface area contributed by atoms with Crippen LogP contribution in [0.1, 0.15) is 19.8 Å². The van der Waals surface area contributed by atoms with Crippen LogP contribution in [-0.4, -0.2) is 26.7 Å². The summed E-state index contributed by atoms with van der Waals surface area (Å²) in [5.74, 6) is 0.142. The highest BCUT2D eigenvalue weighted by Gasteiger charge is 2.21. The van der Waals surface area contributed by atoms with Crippen molar-refractivity contribution >= 4 is 38.9 Å². The van der Waals surface area contributed by atoms with Gasteiger partial charge in [-0.3, -0.25) is 0 Å². The fourth-order valence-electron chi connectivity index (χ4n) is 1.66. The molecule has 114 valence electrons. The first kappa shape index (κ1) is 17.5. The maximum atomic E-state index is 12.1. The van der Waals surface area contributed by atoms with Crippen molar-refractivity contribution < 1.29 is 13.5 Å². The lowest BCUT2D eigenvalue weighted by molar-refractivity contribution is 0.228. The number of aliphatic hydroxyl groups excluding tert-OH is 1. The first-order valence-electron chi connectivity index (χ1n) is 6.13. The number of nitrogens with two attached hydrogens (primary N) is 1. The van der Waals surface area contributed by atoms with Crippen LogP contribution in [0.4, 0.5) is 5.69 Å². The zero-order valence-electron chi connectivity index (χ0n) is 11.1. The number of aliphatic hydroxyl groups is 1. The first-order chi connectivity index (χ1) is 9.27. The van der Waals surface area contributed by atoms with Crippen LogP contribution in [0.5, 0.6) is 0 Å². The Morgan fingerprint density at radius 3 is 2.40 bits per heavy atom. The van der Waals surface area contributed by atoms with Gasteiger partial charge in [0, 0.05) is 18.8 Å². The summed E-state index contributed by atoms with van der Waals surface area (Å²) in [6, 6.07) is 2.69. The van der Waals surface area contributed by atoms with E-state index in [1.54, 1.807) is 0 Å². The third-order valence-electron chi connectivity index (χ3n) is 2.77. The van der Waals surface area contributed by atoms with E-state index in [4.69, 9.17) is 34.0 Å². The number of benzene rings is 1. The van der Waals surface area contributed by atoms with Gasteiger partial charge in [0.05, 0.1) is 10.0 Å². The second-order valence-electron chi connectivity index (χ2n) is 4.64. The Hall–Kier alpha value is -0.530. The lowest BCUT2D eigenvalue weighted by atomic mass is 10.1. The highest BCUT2D eigenvalue weighted by atomic mass is 35.5. The normalized spacial score (nSPS) is 13.4. The average Bonchev–Trinajstić information content (AvgIpc) is 2.32. The molecule has 1 unspecified atom stereocenters. The molecule has 1 rings (SSSR count). The van der Waals surface area contributed by atoms with Crippen molar-refractivity contribution in [3.63, 3.8) is 0 Å². The maximum absolute atomic E-state index is 12.1. The molecule has 0 aliphatic carbocycles. The fourth-order valence-corrected chi connectivity index (χ4v) is 3.96. The minimum Gasteiger partial charge on any atom is -0.399 e. The SMILES string of the molecule is CC(CO)CCCNS(=O)(=O)c1c(Cl)cc(N)cc1Cl. The van der Waals surface area contributed by atoms with Gasteiger partial charge in [0.1, 0.15) is 4.90 Å². The summed E-state index contributed by atoms with van der Waals surface area (Å²) in [4.78, 5) is -0.162. The van der Waals surface area contributed by atoms with Crippen LogP contribution in [0.15, 0.2) is 17.0 Å². The predicted molar refractivity (Wildman–Crippen MR) is 81.5 cm³/mol. The van der Waals surface area contributed by atoms with E-state index in [2.05, 4.69) is 4.72 Å². The van der Waals surface area contributed by atoms with Crippen LogP contribution in [-0.2, 0) is 10.0 Å². The molecule has 0 aromatic heterocycles. The zero-order chi connectivity index (χ0) is 15.3. The van der Waals surface area contributed by atoms with E-state index in [9.17, 15) is 8.42 Å². The smallest absolute Gasteiger partial charge is 0.243 e. The van der Waals surface area contributed by atoms with Crippen molar-refractivity contribution in [3.8, 4) is 0 Å². The molecule has 0 bridgehead atoms.